The van der Waals surface area contributed by atoms with Crippen LogP contribution in [0.4, 0.5) is 0 Å². The summed E-state index contributed by atoms with van der Waals surface area (Å²) in [4.78, 5) is 10.5. The lowest BCUT2D eigenvalue weighted by molar-refractivity contribution is 0.669. The van der Waals surface area contributed by atoms with E-state index in [1.54, 1.807) is 0 Å². The van der Waals surface area contributed by atoms with Gasteiger partial charge in [0.1, 0.15) is 11.2 Å². The number of fused-ring (bicyclic) bond motifs is 11. The number of hydrogen-bond acceptors (Lipinski definition) is 3. The van der Waals surface area contributed by atoms with Gasteiger partial charge in [-0.2, -0.15) is 0 Å². The predicted octanol–water partition coefficient (Wildman–Crippen LogP) is 13.1. The summed E-state index contributed by atoms with van der Waals surface area (Å²) in [6.07, 6.45) is 0. The van der Waals surface area contributed by atoms with Crippen molar-refractivity contribution < 1.29 is 4.42 Å². The highest BCUT2D eigenvalue weighted by atomic mass is 16.3. The Kier molecular flexibility index (Phi) is 5.96. The summed E-state index contributed by atoms with van der Waals surface area (Å²) in [6, 6.07) is 60.3. The first-order chi connectivity index (χ1) is 25.3. The molecule has 2 heterocycles. The summed E-state index contributed by atoms with van der Waals surface area (Å²) in [5, 5.41) is 13.2. The lowest BCUT2D eigenvalue weighted by Gasteiger charge is -2.14. The third-order valence-electron chi connectivity index (χ3n) is 10.5. The van der Waals surface area contributed by atoms with Crippen LogP contribution in [0, 0.1) is 0 Å². The van der Waals surface area contributed by atoms with E-state index in [2.05, 4.69) is 133 Å². The van der Waals surface area contributed by atoms with Gasteiger partial charge in [-0.05, 0) is 78.5 Å². The van der Waals surface area contributed by atoms with Gasteiger partial charge in [0.05, 0.1) is 11.2 Å². The molecule has 0 spiro atoms. The van der Waals surface area contributed by atoms with Crippen molar-refractivity contribution in [2.24, 2.45) is 0 Å². The molecule has 0 aliphatic carbocycles. The summed E-state index contributed by atoms with van der Waals surface area (Å²) in [7, 11) is 0. The van der Waals surface area contributed by atoms with E-state index in [9.17, 15) is 0 Å². The van der Waals surface area contributed by atoms with E-state index in [0.29, 0.717) is 5.82 Å². The number of aromatic nitrogens is 2. The fourth-order valence-corrected chi connectivity index (χ4v) is 8.12. The third kappa shape index (κ3) is 4.25. The van der Waals surface area contributed by atoms with Gasteiger partial charge in [0, 0.05) is 27.3 Å². The lowest BCUT2D eigenvalue weighted by atomic mass is 9.90. The van der Waals surface area contributed by atoms with E-state index < -0.39 is 0 Å². The van der Waals surface area contributed by atoms with Crippen LogP contribution in [0.5, 0.6) is 0 Å². The number of benzene rings is 9. The van der Waals surface area contributed by atoms with Crippen molar-refractivity contribution in [1.82, 2.24) is 9.97 Å². The molecule has 0 radical (unpaired) electrons. The molecule has 0 saturated carbocycles. The van der Waals surface area contributed by atoms with Gasteiger partial charge in [-0.25, -0.2) is 9.97 Å². The molecular weight excluding hydrogens is 621 g/mol. The number of para-hydroxylation sites is 1. The Labute approximate surface area is 293 Å². The second-order valence-electron chi connectivity index (χ2n) is 13.3. The quantitative estimate of drug-likeness (QED) is 0.179. The molecule has 11 aromatic rings. The van der Waals surface area contributed by atoms with Gasteiger partial charge < -0.3 is 4.42 Å². The summed E-state index contributed by atoms with van der Waals surface area (Å²) in [6.45, 7) is 0. The average Bonchev–Trinajstić information content (AvgIpc) is 3.59. The normalized spacial score (nSPS) is 11.9. The Morgan fingerprint density at radius 3 is 1.94 bits per heavy atom. The van der Waals surface area contributed by atoms with Gasteiger partial charge in [-0.3, -0.25) is 0 Å². The smallest absolute Gasteiger partial charge is 0.160 e. The van der Waals surface area contributed by atoms with Gasteiger partial charge in [0.25, 0.3) is 0 Å². The molecular formula is C48H28N2O. The average molecular weight is 649 g/mol. The minimum atomic E-state index is 0.697. The molecule has 3 heteroatoms. The second kappa shape index (κ2) is 10.8. The summed E-state index contributed by atoms with van der Waals surface area (Å²) < 4.78 is 6.29. The van der Waals surface area contributed by atoms with Crippen molar-refractivity contribution in [3.63, 3.8) is 0 Å². The maximum Gasteiger partial charge on any atom is 0.160 e. The lowest BCUT2D eigenvalue weighted by Crippen LogP contribution is -1.96. The largest absolute Gasteiger partial charge is 0.456 e. The van der Waals surface area contributed by atoms with Gasteiger partial charge in [0.2, 0.25) is 0 Å². The number of rotatable bonds is 3. The van der Waals surface area contributed by atoms with Crippen molar-refractivity contribution in [3.8, 4) is 33.8 Å². The first-order valence-corrected chi connectivity index (χ1v) is 17.3. The highest BCUT2D eigenvalue weighted by Gasteiger charge is 2.19. The number of furan rings is 1. The zero-order valence-corrected chi connectivity index (χ0v) is 27.5. The van der Waals surface area contributed by atoms with E-state index in [0.717, 1.165) is 55.2 Å². The molecule has 0 N–H and O–H groups in total. The Bertz CT molecular complexity index is 3190. The van der Waals surface area contributed by atoms with Crippen LogP contribution in [0.2, 0.25) is 0 Å². The Morgan fingerprint density at radius 1 is 0.353 bits per heavy atom. The minimum absolute atomic E-state index is 0.697. The highest BCUT2D eigenvalue weighted by Crippen LogP contribution is 2.42. The molecule has 9 aromatic carbocycles. The molecule has 51 heavy (non-hydrogen) atoms. The van der Waals surface area contributed by atoms with Crippen molar-refractivity contribution in [1.29, 1.82) is 0 Å². The fourth-order valence-electron chi connectivity index (χ4n) is 8.12. The topological polar surface area (TPSA) is 38.9 Å². The van der Waals surface area contributed by atoms with Crippen LogP contribution in [0.25, 0.3) is 110 Å². The van der Waals surface area contributed by atoms with Crippen LogP contribution < -0.4 is 0 Å². The van der Waals surface area contributed by atoms with E-state index >= 15 is 0 Å². The van der Waals surface area contributed by atoms with Crippen LogP contribution in [-0.2, 0) is 0 Å². The molecule has 0 aliphatic heterocycles. The summed E-state index contributed by atoms with van der Waals surface area (Å²) in [5.74, 6) is 0.697. The molecule has 0 unspecified atom stereocenters. The number of hydrogen-bond donors (Lipinski definition) is 0. The summed E-state index contributed by atoms with van der Waals surface area (Å²) >= 11 is 0. The first-order valence-electron chi connectivity index (χ1n) is 17.3. The zero-order chi connectivity index (χ0) is 33.5. The SMILES string of the molecule is c1ccc(-c2nc(-c3cccc4oc5ccccc5c34)c3ccc(-c4cccc5c4ccc4ccc6c7ccccc7ccc6c45)cc3n2)cc1. The van der Waals surface area contributed by atoms with Crippen LogP contribution in [-0.4, -0.2) is 9.97 Å². The molecule has 11 rings (SSSR count). The maximum absolute atomic E-state index is 6.29. The Morgan fingerprint density at radius 2 is 1.02 bits per heavy atom. The minimum Gasteiger partial charge on any atom is -0.456 e. The fraction of sp³-hybridized carbons (Fsp3) is 0. The van der Waals surface area contributed by atoms with Crippen molar-refractivity contribution in [3.05, 3.63) is 170 Å². The van der Waals surface area contributed by atoms with Gasteiger partial charge in [0.15, 0.2) is 5.82 Å². The van der Waals surface area contributed by atoms with E-state index in [1.165, 1.54) is 48.7 Å². The van der Waals surface area contributed by atoms with Crippen molar-refractivity contribution in [2.45, 2.75) is 0 Å². The second-order valence-corrected chi connectivity index (χ2v) is 13.3. The molecule has 0 amide bonds. The van der Waals surface area contributed by atoms with E-state index in [-0.39, 0.29) is 0 Å². The summed E-state index contributed by atoms with van der Waals surface area (Å²) in [5.41, 5.74) is 7.82. The maximum atomic E-state index is 6.29. The van der Waals surface area contributed by atoms with Gasteiger partial charge >= 0.3 is 0 Å². The highest BCUT2D eigenvalue weighted by molar-refractivity contribution is 6.26. The predicted molar refractivity (Wildman–Crippen MR) is 213 cm³/mol. The molecule has 2 aromatic heterocycles. The Balaban J connectivity index is 1.17. The molecule has 0 atom stereocenters. The van der Waals surface area contributed by atoms with Crippen molar-refractivity contribution in [2.75, 3.05) is 0 Å². The molecule has 0 saturated heterocycles. The molecule has 0 aliphatic rings. The standard InChI is InChI=1S/C48H28N2O/c1-2-11-31(12-3-1)48-49-42-28-32(23-27-39(42)47(50-48)41-17-9-19-44-46(41)40-14-6-7-18-43(40)51-44)34-15-8-16-37-36(34)25-22-30-21-24-35-33-13-5-4-10-29(33)20-26-38(35)45(30)37/h1-28H. The van der Waals surface area contributed by atoms with Crippen LogP contribution in [0.3, 0.4) is 0 Å². The molecule has 3 nitrogen and oxygen atoms in total. The van der Waals surface area contributed by atoms with Gasteiger partial charge in [-0.15, -0.1) is 0 Å². The van der Waals surface area contributed by atoms with Gasteiger partial charge in [-0.1, -0.05) is 146 Å². The van der Waals surface area contributed by atoms with Crippen LogP contribution in [0.15, 0.2) is 174 Å². The molecule has 0 bridgehead atoms. The first kappa shape index (κ1) is 28.0. The van der Waals surface area contributed by atoms with Crippen LogP contribution >= 0.6 is 0 Å². The molecule has 236 valence electrons. The monoisotopic (exact) mass is 648 g/mol. The molecule has 0 fully saturated rings. The number of nitrogens with zero attached hydrogens (tertiary/aromatic N) is 2. The van der Waals surface area contributed by atoms with E-state index in [1.807, 2.05) is 36.4 Å². The Hall–Kier alpha value is -6.84. The zero-order valence-electron chi connectivity index (χ0n) is 27.5. The van der Waals surface area contributed by atoms with Crippen molar-refractivity contribution >= 4 is 75.9 Å². The third-order valence-corrected chi connectivity index (χ3v) is 10.5. The van der Waals surface area contributed by atoms with Crippen LogP contribution in [0.1, 0.15) is 0 Å². The van der Waals surface area contributed by atoms with E-state index in [4.69, 9.17) is 14.4 Å².